The van der Waals surface area contributed by atoms with Gasteiger partial charge in [0, 0.05) is 16.1 Å². The lowest BCUT2D eigenvalue weighted by molar-refractivity contribution is -0.0512. The van der Waals surface area contributed by atoms with E-state index in [-0.39, 0.29) is 5.75 Å². The Balaban J connectivity index is 2.37. The molecule has 0 atom stereocenters. The van der Waals surface area contributed by atoms with Gasteiger partial charge in [-0.1, -0.05) is 30.9 Å². The highest BCUT2D eigenvalue weighted by Crippen LogP contribution is 2.40. The van der Waals surface area contributed by atoms with E-state index in [0.29, 0.717) is 10.6 Å². The molecule has 1 aromatic carbocycles. The largest absolute Gasteiger partial charge is 0.434 e. The quantitative estimate of drug-likeness (QED) is 0.903. The van der Waals surface area contributed by atoms with Crippen molar-refractivity contribution < 1.29 is 13.5 Å². The highest BCUT2D eigenvalue weighted by Gasteiger charge is 2.32. The first-order valence-corrected chi connectivity index (χ1v) is 6.43. The van der Waals surface area contributed by atoms with Crippen molar-refractivity contribution in [3.8, 4) is 5.75 Å². The van der Waals surface area contributed by atoms with Crippen LogP contribution in [0.15, 0.2) is 18.2 Å². The van der Waals surface area contributed by atoms with E-state index in [1.165, 1.54) is 12.1 Å². The standard InChI is InChI=1S/C13H16ClF2NO/c14-9-4-5-11(18-12(15)16)10(8-9)13(17)6-2-1-3-7-13/h4-5,8,12H,1-3,6-7,17H2. The molecule has 0 aliphatic heterocycles. The third kappa shape index (κ3) is 2.93. The van der Waals surface area contributed by atoms with Crippen molar-refractivity contribution in [2.75, 3.05) is 0 Å². The molecule has 1 aromatic rings. The summed E-state index contributed by atoms with van der Waals surface area (Å²) in [6.07, 6.45) is 4.67. The summed E-state index contributed by atoms with van der Waals surface area (Å²) < 4.78 is 29.3. The first-order chi connectivity index (χ1) is 8.51. The summed E-state index contributed by atoms with van der Waals surface area (Å²) >= 11 is 5.94. The van der Waals surface area contributed by atoms with Crippen LogP contribution < -0.4 is 10.5 Å². The van der Waals surface area contributed by atoms with E-state index < -0.39 is 12.2 Å². The Morgan fingerprint density at radius 3 is 2.50 bits per heavy atom. The van der Waals surface area contributed by atoms with Crippen LogP contribution in [0.5, 0.6) is 5.75 Å². The van der Waals surface area contributed by atoms with Crippen LogP contribution in [0.3, 0.4) is 0 Å². The fourth-order valence-electron chi connectivity index (χ4n) is 2.54. The lowest BCUT2D eigenvalue weighted by Gasteiger charge is -2.35. The molecule has 1 aliphatic rings. The Bertz CT molecular complexity index is 419. The van der Waals surface area contributed by atoms with Gasteiger partial charge in [0.2, 0.25) is 0 Å². The lowest BCUT2D eigenvalue weighted by atomic mass is 9.77. The molecule has 5 heteroatoms. The second-order valence-corrected chi connectivity index (χ2v) is 5.17. The monoisotopic (exact) mass is 275 g/mol. The second-order valence-electron chi connectivity index (χ2n) is 4.74. The molecule has 2 nitrogen and oxygen atoms in total. The van der Waals surface area contributed by atoms with Crippen LogP contribution >= 0.6 is 11.6 Å². The van der Waals surface area contributed by atoms with Crippen molar-refractivity contribution >= 4 is 11.6 Å². The van der Waals surface area contributed by atoms with Gasteiger partial charge in [-0.15, -0.1) is 0 Å². The molecule has 2 rings (SSSR count). The van der Waals surface area contributed by atoms with Gasteiger partial charge in [0.05, 0.1) is 0 Å². The summed E-state index contributed by atoms with van der Waals surface area (Å²) in [6, 6.07) is 4.65. The molecule has 1 fully saturated rings. The number of alkyl halides is 2. The van der Waals surface area contributed by atoms with Crippen molar-refractivity contribution in [1.29, 1.82) is 0 Å². The molecule has 0 bridgehead atoms. The zero-order chi connectivity index (χ0) is 13.2. The van der Waals surface area contributed by atoms with E-state index >= 15 is 0 Å². The SMILES string of the molecule is NC1(c2cc(Cl)ccc2OC(F)F)CCCCC1. The van der Waals surface area contributed by atoms with Crippen molar-refractivity contribution in [2.24, 2.45) is 5.73 Å². The smallest absolute Gasteiger partial charge is 0.387 e. The summed E-state index contributed by atoms with van der Waals surface area (Å²) in [5, 5.41) is 0.488. The number of halogens is 3. The zero-order valence-corrected chi connectivity index (χ0v) is 10.7. The van der Waals surface area contributed by atoms with Crippen LogP contribution in [0.4, 0.5) is 8.78 Å². The van der Waals surface area contributed by atoms with E-state index in [0.717, 1.165) is 32.1 Å². The summed E-state index contributed by atoms with van der Waals surface area (Å²) in [5.41, 5.74) is 6.33. The van der Waals surface area contributed by atoms with Crippen LogP contribution in [0.2, 0.25) is 5.02 Å². The van der Waals surface area contributed by atoms with Gasteiger partial charge in [0.25, 0.3) is 0 Å². The first-order valence-electron chi connectivity index (χ1n) is 6.05. The molecule has 2 N–H and O–H groups in total. The maximum atomic E-state index is 12.4. The molecule has 18 heavy (non-hydrogen) atoms. The number of hydrogen-bond donors (Lipinski definition) is 1. The Morgan fingerprint density at radius 2 is 1.89 bits per heavy atom. The minimum atomic E-state index is -2.85. The molecule has 0 amide bonds. The number of nitrogens with two attached hydrogens (primary N) is 1. The van der Waals surface area contributed by atoms with Crippen LogP contribution in [0.1, 0.15) is 37.7 Å². The predicted octanol–water partition coefficient (Wildman–Crippen LogP) is 4.06. The lowest BCUT2D eigenvalue weighted by Crippen LogP contribution is -2.39. The zero-order valence-electron chi connectivity index (χ0n) is 9.96. The topological polar surface area (TPSA) is 35.2 Å². The van der Waals surface area contributed by atoms with Crippen LogP contribution in [-0.4, -0.2) is 6.61 Å². The van der Waals surface area contributed by atoms with Gasteiger partial charge in [-0.2, -0.15) is 8.78 Å². The number of ether oxygens (including phenoxy) is 1. The van der Waals surface area contributed by atoms with Gasteiger partial charge in [0.1, 0.15) is 5.75 Å². The minimum absolute atomic E-state index is 0.138. The summed E-state index contributed by atoms with van der Waals surface area (Å²) in [4.78, 5) is 0. The number of rotatable bonds is 3. The molecule has 0 unspecified atom stereocenters. The Kier molecular flexibility index (Phi) is 4.07. The van der Waals surface area contributed by atoms with E-state index in [9.17, 15) is 8.78 Å². The van der Waals surface area contributed by atoms with E-state index in [4.69, 9.17) is 17.3 Å². The molecular weight excluding hydrogens is 260 g/mol. The molecular formula is C13H16ClF2NO. The third-order valence-electron chi connectivity index (χ3n) is 3.44. The van der Waals surface area contributed by atoms with Gasteiger partial charge in [0.15, 0.2) is 0 Å². The van der Waals surface area contributed by atoms with Gasteiger partial charge in [-0.05, 0) is 31.0 Å². The average Bonchev–Trinajstić information content (AvgIpc) is 2.32. The normalized spacial score (nSPS) is 18.9. The molecule has 100 valence electrons. The average molecular weight is 276 g/mol. The van der Waals surface area contributed by atoms with Crippen molar-refractivity contribution in [1.82, 2.24) is 0 Å². The fourth-order valence-corrected chi connectivity index (χ4v) is 2.71. The summed E-state index contributed by atoms with van der Waals surface area (Å²) in [5.74, 6) is 0.138. The van der Waals surface area contributed by atoms with Gasteiger partial charge >= 0.3 is 6.61 Å². The van der Waals surface area contributed by atoms with Gasteiger partial charge in [-0.3, -0.25) is 0 Å². The van der Waals surface area contributed by atoms with Crippen molar-refractivity contribution in [3.05, 3.63) is 28.8 Å². The van der Waals surface area contributed by atoms with E-state index in [2.05, 4.69) is 4.74 Å². The molecule has 0 heterocycles. The number of benzene rings is 1. The molecule has 0 spiro atoms. The van der Waals surface area contributed by atoms with Crippen LogP contribution in [-0.2, 0) is 5.54 Å². The summed E-state index contributed by atoms with van der Waals surface area (Å²) in [7, 11) is 0. The molecule has 0 aromatic heterocycles. The van der Waals surface area contributed by atoms with Crippen molar-refractivity contribution in [3.63, 3.8) is 0 Å². The second kappa shape index (κ2) is 5.41. The first kappa shape index (κ1) is 13.6. The molecule has 0 radical (unpaired) electrons. The third-order valence-corrected chi connectivity index (χ3v) is 3.67. The van der Waals surface area contributed by atoms with Crippen LogP contribution in [0.25, 0.3) is 0 Å². The van der Waals surface area contributed by atoms with Gasteiger partial charge < -0.3 is 10.5 Å². The van der Waals surface area contributed by atoms with Gasteiger partial charge in [-0.25, -0.2) is 0 Å². The molecule has 1 saturated carbocycles. The Hall–Kier alpha value is -0.870. The summed E-state index contributed by atoms with van der Waals surface area (Å²) in [6.45, 7) is -2.85. The van der Waals surface area contributed by atoms with E-state index in [1.54, 1.807) is 6.07 Å². The highest BCUT2D eigenvalue weighted by molar-refractivity contribution is 6.30. The predicted molar refractivity (Wildman–Crippen MR) is 67.0 cm³/mol. The maximum Gasteiger partial charge on any atom is 0.387 e. The highest BCUT2D eigenvalue weighted by atomic mass is 35.5. The Morgan fingerprint density at radius 1 is 1.22 bits per heavy atom. The number of hydrogen-bond acceptors (Lipinski definition) is 2. The Labute approximate surface area is 110 Å². The fraction of sp³-hybridized carbons (Fsp3) is 0.538. The maximum absolute atomic E-state index is 12.4. The molecule has 0 saturated heterocycles. The van der Waals surface area contributed by atoms with Crippen molar-refractivity contribution in [2.45, 2.75) is 44.3 Å². The van der Waals surface area contributed by atoms with Crippen LogP contribution in [0, 0.1) is 0 Å². The minimum Gasteiger partial charge on any atom is -0.434 e. The molecule has 1 aliphatic carbocycles. The van der Waals surface area contributed by atoms with E-state index in [1.807, 2.05) is 0 Å².